The highest BCUT2D eigenvalue weighted by molar-refractivity contribution is 5.73. The Morgan fingerprint density at radius 1 is 1.47 bits per heavy atom. The molecule has 88 valence electrons. The maximum atomic E-state index is 10.8. The summed E-state index contributed by atoms with van der Waals surface area (Å²) >= 11 is 0. The SMILES string of the molecule is CC(=O)N[C@H]1[C@@H](O)[C@H](O)[C@@H](CO)O[C@@H]1N. The van der Waals surface area contributed by atoms with Gasteiger partial charge in [-0.3, -0.25) is 4.79 Å². The highest BCUT2D eigenvalue weighted by Crippen LogP contribution is 2.18. The van der Waals surface area contributed by atoms with Crippen molar-refractivity contribution in [3.8, 4) is 0 Å². The molecule has 0 aromatic rings. The van der Waals surface area contributed by atoms with Gasteiger partial charge in [-0.2, -0.15) is 0 Å². The van der Waals surface area contributed by atoms with E-state index in [1.54, 1.807) is 0 Å². The topological polar surface area (TPSA) is 125 Å². The summed E-state index contributed by atoms with van der Waals surface area (Å²) in [7, 11) is 0. The molecule has 5 atom stereocenters. The van der Waals surface area contributed by atoms with Gasteiger partial charge in [0, 0.05) is 6.92 Å². The van der Waals surface area contributed by atoms with Crippen LogP contribution >= 0.6 is 0 Å². The highest BCUT2D eigenvalue weighted by atomic mass is 16.5. The standard InChI is InChI=1S/C8H16N2O5/c1-3(12)10-5-7(14)6(13)4(2-11)15-8(5)9/h4-8,11,13-14H,2,9H2,1H3,(H,10,12)/t4-,5+,6-,7-,8+/m1/s1. The van der Waals surface area contributed by atoms with Gasteiger partial charge in [0.1, 0.15) is 24.5 Å². The molecule has 0 unspecified atom stereocenters. The molecule has 0 spiro atoms. The van der Waals surface area contributed by atoms with Gasteiger partial charge in [0.2, 0.25) is 5.91 Å². The van der Waals surface area contributed by atoms with Crippen molar-refractivity contribution in [1.29, 1.82) is 0 Å². The average molecular weight is 220 g/mol. The van der Waals surface area contributed by atoms with Crippen LogP contribution < -0.4 is 11.1 Å². The first kappa shape index (κ1) is 12.3. The van der Waals surface area contributed by atoms with Crippen molar-refractivity contribution in [2.75, 3.05) is 6.61 Å². The van der Waals surface area contributed by atoms with E-state index in [-0.39, 0.29) is 5.91 Å². The van der Waals surface area contributed by atoms with Crippen LogP contribution in [0.2, 0.25) is 0 Å². The normalized spacial score (nSPS) is 41.3. The third-order valence-electron chi connectivity index (χ3n) is 2.33. The van der Waals surface area contributed by atoms with Crippen molar-refractivity contribution in [3.05, 3.63) is 0 Å². The molecule has 0 radical (unpaired) electrons. The number of rotatable bonds is 2. The van der Waals surface area contributed by atoms with E-state index in [1.807, 2.05) is 0 Å². The van der Waals surface area contributed by atoms with Gasteiger partial charge in [0.05, 0.1) is 12.6 Å². The summed E-state index contributed by atoms with van der Waals surface area (Å²) in [4.78, 5) is 10.8. The first-order chi connectivity index (χ1) is 6.97. The Balaban J connectivity index is 2.70. The summed E-state index contributed by atoms with van der Waals surface area (Å²) in [5.41, 5.74) is 5.53. The summed E-state index contributed by atoms with van der Waals surface area (Å²) < 4.78 is 5.03. The predicted molar refractivity (Wildman–Crippen MR) is 49.6 cm³/mol. The van der Waals surface area contributed by atoms with E-state index in [2.05, 4.69) is 5.32 Å². The molecule has 7 nitrogen and oxygen atoms in total. The third-order valence-corrected chi connectivity index (χ3v) is 2.33. The smallest absolute Gasteiger partial charge is 0.217 e. The Hall–Kier alpha value is -0.730. The van der Waals surface area contributed by atoms with E-state index < -0.39 is 37.2 Å². The van der Waals surface area contributed by atoms with Crippen LogP contribution in [0.1, 0.15) is 6.92 Å². The lowest BCUT2D eigenvalue weighted by molar-refractivity contribution is -0.193. The van der Waals surface area contributed by atoms with Crippen molar-refractivity contribution >= 4 is 5.91 Å². The maximum absolute atomic E-state index is 10.8. The molecule has 15 heavy (non-hydrogen) atoms. The van der Waals surface area contributed by atoms with Gasteiger partial charge in [0.15, 0.2) is 0 Å². The number of carbonyl (C=O) groups excluding carboxylic acids is 1. The van der Waals surface area contributed by atoms with E-state index in [4.69, 9.17) is 15.6 Å². The molecule has 0 aliphatic carbocycles. The molecular weight excluding hydrogens is 204 g/mol. The lowest BCUT2D eigenvalue weighted by atomic mass is 9.96. The van der Waals surface area contributed by atoms with Crippen LogP contribution in [0.3, 0.4) is 0 Å². The second-order valence-electron chi connectivity index (χ2n) is 3.53. The number of nitrogens with two attached hydrogens (primary N) is 1. The Morgan fingerprint density at radius 3 is 2.53 bits per heavy atom. The number of ether oxygens (including phenoxy) is 1. The molecule has 0 bridgehead atoms. The van der Waals surface area contributed by atoms with Crippen LogP contribution in [0.5, 0.6) is 0 Å². The number of amides is 1. The summed E-state index contributed by atoms with van der Waals surface area (Å²) in [6.45, 7) is 0.822. The van der Waals surface area contributed by atoms with E-state index >= 15 is 0 Å². The van der Waals surface area contributed by atoms with Crippen LogP contribution in [-0.4, -0.2) is 58.4 Å². The molecule has 0 saturated carbocycles. The quantitative estimate of drug-likeness (QED) is 0.335. The first-order valence-electron chi connectivity index (χ1n) is 4.62. The van der Waals surface area contributed by atoms with Crippen molar-refractivity contribution in [3.63, 3.8) is 0 Å². The van der Waals surface area contributed by atoms with E-state index in [1.165, 1.54) is 6.92 Å². The zero-order valence-electron chi connectivity index (χ0n) is 8.33. The molecule has 1 heterocycles. The zero-order chi connectivity index (χ0) is 11.6. The lowest BCUT2D eigenvalue weighted by Gasteiger charge is -2.40. The highest BCUT2D eigenvalue weighted by Gasteiger charge is 2.42. The van der Waals surface area contributed by atoms with Gasteiger partial charge >= 0.3 is 0 Å². The van der Waals surface area contributed by atoms with Crippen LogP contribution in [0.25, 0.3) is 0 Å². The van der Waals surface area contributed by atoms with E-state index in [9.17, 15) is 15.0 Å². The summed E-state index contributed by atoms with van der Waals surface area (Å²) in [5, 5.41) is 30.3. The Bertz CT molecular complexity index is 237. The maximum Gasteiger partial charge on any atom is 0.217 e. The Kier molecular flexibility index (Phi) is 4.00. The first-order valence-corrected chi connectivity index (χ1v) is 4.62. The minimum atomic E-state index is -1.27. The van der Waals surface area contributed by atoms with Gasteiger partial charge in [0.25, 0.3) is 0 Å². The summed E-state index contributed by atoms with van der Waals surface area (Å²) in [5.74, 6) is -0.382. The molecular formula is C8H16N2O5. The number of aliphatic hydroxyl groups excluding tert-OH is 3. The van der Waals surface area contributed by atoms with Gasteiger partial charge in [-0.25, -0.2) is 0 Å². The number of hydrogen-bond acceptors (Lipinski definition) is 6. The summed E-state index contributed by atoms with van der Waals surface area (Å²) in [6, 6.07) is -0.875. The molecule has 1 amide bonds. The molecule has 1 fully saturated rings. The van der Waals surface area contributed by atoms with E-state index in [0.717, 1.165) is 0 Å². The molecule has 1 rings (SSSR count). The minimum Gasteiger partial charge on any atom is -0.394 e. The fourth-order valence-corrected chi connectivity index (χ4v) is 1.55. The van der Waals surface area contributed by atoms with Crippen LogP contribution in [0, 0.1) is 0 Å². The Labute approximate surface area is 86.8 Å². The second-order valence-corrected chi connectivity index (χ2v) is 3.53. The van der Waals surface area contributed by atoms with Crippen molar-refractivity contribution < 1.29 is 24.9 Å². The number of nitrogens with one attached hydrogen (secondary N) is 1. The van der Waals surface area contributed by atoms with Crippen LogP contribution in [0.4, 0.5) is 0 Å². The van der Waals surface area contributed by atoms with Crippen LogP contribution in [0.15, 0.2) is 0 Å². The lowest BCUT2D eigenvalue weighted by Crippen LogP contribution is -2.66. The van der Waals surface area contributed by atoms with Gasteiger partial charge in [-0.1, -0.05) is 0 Å². The van der Waals surface area contributed by atoms with Crippen molar-refractivity contribution in [2.24, 2.45) is 5.73 Å². The number of hydrogen-bond donors (Lipinski definition) is 5. The molecule has 6 N–H and O–H groups in total. The van der Waals surface area contributed by atoms with Gasteiger partial charge in [-0.05, 0) is 0 Å². The molecule has 0 aromatic heterocycles. The second kappa shape index (κ2) is 4.86. The van der Waals surface area contributed by atoms with E-state index in [0.29, 0.717) is 0 Å². The molecule has 0 aromatic carbocycles. The molecule has 1 saturated heterocycles. The largest absolute Gasteiger partial charge is 0.394 e. The zero-order valence-corrected chi connectivity index (χ0v) is 8.33. The Morgan fingerprint density at radius 2 is 2.07 bits per heavy atom. The number of aliphatic hydroxyl groups is 3. The molecule has 1 aliphatic heterocycles. The third kappa shape index (κ3) is 2.64. The monoisotopic (exact) mass is 220 g/mol. The van der Waals surface area contributed by atoms with Crippen molar-refractivity contribution in [1.82, 2.24) is 5.32 Å². The molecule has 1 aliphatic rings. The van der Waals surface area contributed by atoms with Gasteiger partial charge in [-0.15, -0.1) is 0 Å². The minimum absolute atomic E-state index is 0.382. The average Bonchev–Trinajstić information content (AvgIpc) is 2.18. The van der Waals surface area contributed by atoms with Crippen molar-refractivity contribution in [2.45, 2.75) is 37.5 Å². The number of carbonyl (C=O) groups is 1. The fraction of sp³-hybridized carbons (Fsp3) is 0.875. The van der Waals surface area contributed by atoms with Crippen LogP contribution in [-0.2, 0) is 9.53 Å². The van der Waals surface area contributed by atoms with Gasteiger partial charge < -0.3 is 31.1 Å². The molecule has 7 heteroatoms. The summed E-state index contributed by atoms with van der Waals surface area (Å²) in [6.07, 6.45) is -4.41. The fourth-order valence-electron chi connectivity index (χ4n) is 1.55. The predicted octanol–water partition coefficient (Wildman–Crippen LogP) is -3.11.